The highest BCUT2D eigenvalue weighted by Gasteiger charge is 2.53. The van der Waals surface area contributed by atoms with Crippen LogP contribution in [0.15, 0.2) is 23.3 Å². The van der Waals surface area contributed by atoms with Gasteiger partial charge in [0, 0.05) is 57.8 Å². The first kappa shape index (κ1) is 16.4. The van der Waals surface area contributed by atoms with Gasteiger partial charge in [-0.3, -0.25) is 4.99 Å². The van der Waals surface area contributed by atoms with Crippen molar-refractivity contribution < 1.29 is 4.74 Å². The highest BCUT2D eigenvalue weighted by molar-refractivity contribution is 5.80. The van der Waals surface area contributed by atoms with Gasteiger partial charge in [0.1, 0.15) is 5.82 Å². The Morgan fingerprint density at radius 2 is 1.96 bits per heavy atom. The van der Waals surface area contributed by atoms with Crippen LogP contribution < -0.4 is 10.2 Å². The van der Waals surface area contributed by atoms with E-state index in [9.17, 15) is 0 Å². The first-order valence-corrected chi connectivity index (χ1v) is 10.1. The Morgan fingerprint density at radius 1 is 1.23 bits per heavy atom. The van der Waals surface area contributed by atoms with Gasteiger partial charge in [0.15, 0.2) is 5.96 Å². The lowest BCUT2D eigenvalue weighted by Crippen LogP contribution is -2.41. The summed E-state index contributed by atoms with van der Waals surface area (Å²) in [6.45, 7) is 5.23. The number of likely N-dealkylation sites (tertiary alicyclic amines) is 1. The third kappa shape index (κ3) is 2.84. The summed E-state index contributed by atoms with van der Waals surface area (Å²) in [6, 6.07) is 4.32. The van der Waals surface area contributed by atoms with E-state index < -0.39 is 0 Å². The molecule has 0 amide bonds. The summed E-state index contributed by atoms with van der Waals surface area (Å²) in [5.74, 6) is 3.55. The molecule has 1 N–H and O–H groups in total. The SMILES string of the molecule is CN=C(NCc1ccnc(N2CCCC2)c1)N1CC2C3CCC(O3)C2C1. The Labute approximate surface area is 155 Å². The largest absolute Gasteiger partial charge is 0.374 e. The van der Waals surface area contributed by atoms with Crippen molar-refractivity contribution in [2.75, 3.05) is 38.1 Å². The van der Waals surface area contributed by atoms with Crippen LogP contribution in [0.1, 0.15) is 31.2 Å². The van der Waals surface area contributed by atoms with Crippen molar-refractivity contribution in [2.45, 2.75) is 44.4 Å². The molecule has 6 nitrogen and oxygen atoms in total. The maximum Gasteiger partial charge on any atom is 0.193 e. The molecular formula is C20H29N5O. The maximum atomic E-state index is 6.09. The van der Waals surface area contributed by atoms with Crippen LogP contribution in [0, 0.1) is 11.8 Å². The maximum absolute atomic E-state index is 6.09. The van der Waals surface area contributed by atoms with Gasteiger partial charge >= 0.3 is 0 Å². The lowest BCUT2D eigenvalue weighted by molar-refractivity contribution is 0.0767. The molecule has 0 spiro atoms. The van der Waals surface area contributed by atoms with Gasteiger partial charge in [-0.2, -0.15) is 0 Å². The zero-order valence-electron chi connectivity index (χ0n) is 15.6. The molecule has 4 aliphatic rings. The fraction of sp³-hybridized carbons (Fsp3) is 0.700. The summed E-state index contributed by atoms with van der Waals surface area (Å²) in [7, 11) is 1.89. The van der Waals surface area contributed by atoms with Crippen LogP contribution in [-0.4, -0.2) is 61.3 Å². The van der Waals surface area contributed by atoms with E-state index >= 15 is 0 Å². The molecule has 26 heavy (non-hydrogen) atoms. The smallest absolute Gasteiger partial charge is 0.193 e. The number of nitrogens with zero attached hydrogens (tertiary/aromatic N) is 4. The predicted molar refractivity (Wildman–Crippen MR) is 102 cm³/mol. The quantitative estimate of drug-likeness (QED) is 0.663. The van der Waals surface area contributed by atoms with E-state index in [0.717, 1.165) is 44.5 Å². The van der Waals surface area contributed by atoms with Gasteiger partial charge in [-0.25, -0.2) is 4.98 Å². The predicted octanol–water partition coefficient (Wildman–Crippen LogP) is 1.87. The Kier molecular flexibility index (Phi) is 4.23. The van der Waals surface area contributed by atoms with Gasteiger partial charge < -0.3 is 19.9 Å². The van der Waals surface area contributed by atoms with Gasteiger partial charge in [0.25, 0.3) is 0 Å². The lowest BCUT2D eigenvalue weighted by Gasteiger charge is -2.23. The Hall–Kier alpha value is -1.82. The van der Waals surface area contributed by atoms with Crippen molar-refractivity contribution in [3.8, 4) is 0 Å². The second-order valence-electron chi connectivity index (χ2n) is 8.14. The van der Waals surface area contributed by atoms with Gasteiger partial charge in [-0.05, 0) is 43.4 Å². The number of hydrogen-bond donors (Lipinski definition) is 1. The average molecular weight is 355 g/mol. The fourth-order valence-corrected chi connectivity index (χ4v) is 5.34. The minimum atomic E-state index is 0.497. The molecule has 5 heterocycles. The Bertz CT molecular complexity index is 669. The molecule has 0 aliphatic carbocycles. The number of aromatic nitrogens is 1. The zero-order valence-corrected chi connectivity index (χ0v) is 15.6. The van der Waals surface area contributed by atoms with E-state index in [1.54, 1.807) is 0 Å². The third-order valence-corrected chi connectivity index (χ3v) is 6.65. The van der Waals surface area contributed by atoms with Crippen molar-refractivity contribution >= 4 is 11.8 Å². The highest BCUT2D eigenvalue weighted by Crippen LogP contribution is 2.47. The third-order valence-electron chi connectivity index (χ3n) is 6.65. The van der Waals surface area contributed by atoms with E-state index in [0.29, 0.717) is 24.0 Å². The van der Waals surface area contributed by atoms with Gasteiger partial charge in [0.2, 0.25) is 0 Å². The van der Waals surface area contributed by atoms with Crippen LogP contribution in [0.25, 0.3) is 0 Å². The molecule has 140 valence electrons. The van der Waals surface area contributed by atoms with Crippen LogP contribution in [-0.2, 0) is 11.3 Å². The minimum absolute atomic E-state index is 0.497. The first-order chi connectivity index (χ1) is 12.8. The number of anilines is 1. The summed E-state index contributed by atoms with van der Waals surface area (Å²) < 4.78 is 6.09. The Morgan fingerprint density at radius 3 is 2.65 bits per heavy atom. The van der Waals surface area contributed by atoms with Crippen LogP contribution >= 0.6 is 0 Å². The molecular weight excluding hydrogens is 326 g/mol. The summed E-state index contributed by atoms with van der Waals surface area (Å²) in [4.78, 5) is 13.9. The number of pyridine rings is 1. The van der Waals surface area contributed by atoms with E-state index in [-0.39, 0.29) is 0 Å². The van der Waals surface area contributed by atoms with E-state index in [1.807, 2.05) is 13.2 Å². The number of ether oxygens (including phenoxy) is 1. The molecule has 1 aromatic heterocycles. The summed E-state index contributed by atoms with van der Waals surface area (Å²) in [5.41, 5.74) is 1.27. The monoisotopic (exact) mass is 355 g/mol. The number of hydrogen-bond acceptors (Lipinski definition) is 4. The molecule has 4 aliphatic heterocycles. The molecule has 2 bridgehead atoms. The van der Waals surface area contributed by atoms with E-state index in [2.05, 4.69) is 37.2 Å². The molecule has 0 saturated carbocycles. The van der Waals surface area contributed by atoms with E-state index in [1.165, 1.54) is 31.2 Å². The van der Waals surface area contributed by atoms with Crippen LogP contribution in [0.3, 0.4) is 0 Å². The molecule has 1 aromatic rings. The number of fused-ring (bicyclic) bond motifs is 5. The molecule has 4 saturated heterocycles. The molecule has 5 rings (SSSR count). The highest BCUT2D eigenvalue weighted by atomic mass is 16.5. The molecule has 0 radical (unpaired) electrons. The topological polar surface area (TPSA) is 53.0 Å². The molecule has 4 fully saturated rings. The standard InChI is InChI=1S/C20H29N5O/c1-21-20(25-12-15-16(13-25)18-5-4-17(15)26-18)23-11-14-6-7-22-19(10-14)24-8-2-3-9-24/h6-7,10,15-18H,2-5,8-9,11-13H2,1H3,(H,21,23). The second-order valence-corrected chi connectivity index (χ2v) is 8.14. The second kappa shape index (κ2) is 6.72. The zero-order chi connectivity index (χ0) is 17.5. The first-order valence-electron chi connectivity index (χ1n) is 10.1. The van der Waals surface area contributed by atoms with Crippen molar-refractivity contribution in [1.82, 2.24) is 15.2 Å². The van der Waals surface area contributed by atoms with Gasteiger partial charge in [-0.1, -0.05) is 0 Å². The van der Waals surface area contributed by atoms with Gasteiger partial charge in [-0.15, -0.1) is 0 Å². The normalized spacial score (nSPS) is 33.2. The lowest BCUT2D eigenvalue weighted by atomic mass is 9.82. The number of nitrogens with one attached hydrogen (secondary N) is 1. The number of guanidine groups is 1. The fourth-order valence-electron chi connectivity index (χ4n) is 5.34. The summed E-state index contributed by atoms with van der Waals surface area (Å²) in [6.07, 6.45) is 7.99. The van der Waals surface area contributed by atoms with Crippen molar-refractivity contribution in [3.05, 3.63) is 23.9 Å². The van der Waals surface area contributed by atoms with E-state index in [4.69, 9.17) is 4.74 Å². The van der Waals surface area contributed by atoms with Crippen molar-refractivity contribution in [2.24, 2.45) is 16.8 Å². The van der Waals surface area contributed by atoms with Crippen LogP contribution in [0.4, 0.5) is 5.82 Å². The molecule has 6 heteroatoms. The van der Waals surface area contributed by atoms with Crippen LogP contribution in [0.5, 0.6) is 0 Å². The minimum Gasteiger partial charge on any atom is -0.374 e. The summed E-state index contributed by atoms with van der Waals surface area (Å²) >= 11 is 0. The van der Waals surface area contributed by atoms with Crippen molar-refractivity contribution in [3.63, 3.8) is 0 Å². The van der Waals surface area contributed by atoms with Crippen LogP contribution in [0.2, 0.25) is 0 Å². The number of rotatable bonds is 3. The Balaban J connectivity index is 1.21. The average Bonchev–Trinajstić information content (AvgIpc) is 3.44. The summed E-state index contributed by atoms with van der Waals surface area (Å²) in [5, 5.41) is 3.57. The van der Waals surface area contributed by atoms with Crippen molar-refractivity contribution in [1.29, 1.82) is 0 Å². The molecule has 4 atom stereocenters. The molecule has 4 unspecified atom stereocenters. The van der Waals surface area contributed by atoms with Gasteiger partial charge in [0.05, 0.1) is 12.2 Å². The number of aliphatic imine (C=N–C) groups is 1. The molecule has 0 aromatic carbocycles.